The molecule has 1 N–H and O–H groups in total. The topological polar surface area (TPSA) is 63.6 Å². The summed E-state index contributed by atoms with van der Waals surface area (Å²) in [4.78, 5) is 16.8. The van der Waals surface area contributed by atoms with Crippen molar-refractivity contribution in [3.63, 3.8) is 0 Å². The number of nitrogens with one attached hydrogen (secondary N) is 1. The lowest BCUT2D eigenvalue weighted by Crippen LogP contribution is -2.19. The van der Waals surface area contributed by atoms with Crippen molar-refractivity contribution in [1.29, 1.82) is 0 Å². The summed E-state index contributed by atoms with van der Waals surface area (Å²) in [6, 6.07) is 21.8. The van der Waals surface area contributed by atoms with Gasteiger partial charge in [0.2, 0.25) is 5.91 Å². The van der Waals surface area contributed by atoms with E-state index >= 15 is 0 Å². The van der Waals surface area contributed by atoms with E-state index in [4.69, 9.17) is 4.74 Å². The maximum Gasteiger partial charge on any atom is 0.246 e. The second kappa shape index (κ2) is 8.67. The first kappa shape index (κ1) is 18.8. The van der Waals surface area contributed by atoms with Crippen LogP contribution in [0.25, 0.3) is 22.0 Å². The second-order valence-corrected chi connectivity index (χ2v) is 7.31. The Morgan fingerprint density at radius 3 is 2.72 bits per heavy atom. The summed E-state index contributed by atoms with van der Waals surface area (Å²) in [6.07, 6.45) is 1.80. The second-order valence-electron chi connectivity index (χ2n) is 6.37. The molecule has 29 heavy (non-hydrogen) atoms. The van der Waals surface area contributed by atoms with Gasteiger partial charge in [0, 0.05) is 16.5 Å². The van der Waals surface area contributed by atoms with E-state index in [9.17, 15) is 4.79 Å². The van der Waals surface area contributed by atoms with E-state index in [1.807, 2.05) is 72.1 Å². The van der Waals surface area contributed by atoms with Crippen LogP contribution in [0.3, 0.4) is 0 Å². The Morgan fingerprint density at radius 2 is 1.90 bits per heavy atom. The molecule has 144 valence electrons. The fourth-order valence-corrected chi connectivity index (χ4v) is 3.87. The molecule has 0 saturated carbocycles. The zero-order valence-corrected chi connectivity index (χ0v) is 16.6. The molecule has 0 aliphatic rings. The molecule has 0 bridgehead atoms. The zero-order chi connectivity index (χ0) is 20.1. The van der Waals surface area contributed by atoms with Crippen molar-refractivity contribution in [2.24, 2.45) is 5.10 Å². The first-order valence-corrected chi connectivity index (χ1v) is 10.00. The summed E-state index contributed by atoms with van der Waals surface area (Å²) in [5.41, 5.74) is 5.33. The highest BCUT2D eigenvalue weighted by atomic mass is 32.1. The highest BCUT2D eigenvalue weighted by Crippen LogP contribution is 2.26. The van der Waals surface area contributed by atoms with Gasteiger partial charge in [-0.15, -0.1) is 11.3 Å². The Kier molecular flexibility index (Phi) is 5.63. The molecular weight excluding hydrogens is 382 g/mol. The van der Waals surface area contributed by atoms with Crippen LogP contribution in [0.1, 0.15) is 10.6 Å². The lowest BCUT2D eigenvalue weighted by Gasteiger charge is -2.08. The number of methoxy groups -OCH3 is 1. The van der Waals surface area contributed by atoms with Gasteiger partial charge < -0.3 is 4.74 Å². The molecule has 0 radical (unpaired) electrons. The standard InChI is InChI=1S/C23H19N3O2S/c1-28-21-12-11-16-7-5-6-10-18(16)19(21)14-24-26-22(27)13-23-25-20(15-29-23)17-8-3-2-4-9-17/h2-12,14-15H,13H2,1H3,(H,26,27)/b24-14-. The number of hydrogen-bond acceptors (Lipinski definition) is 5. The van der Waals surface area contributed by atoms with Crippen molar-refractivity contribution in [1.82, 2.24) is 10.4 Å². The number of hydrogen-bond donors (Lipinski definition) is 1. The average Bonchev–Trinajstić information content (AvgIpc) is 3.23. The quantitative estimate of drug-likeness (QED) is 0.377. The largest absolute Gasteiger partial charge is 0.496 e. The van der Waals surface area contributed by atoms with Crippen molar-refractivity contribution < 1.29 is 9.53 Å². The molecule has 4 rings (SSSR count). The van der Waals surface area contributed by atoms with Gasteiger partial charge >= 0.3 is 0 Å². The maximum atomic E-state index is 12.3. The van der Waals surface area contributed by atoms with E-state index in [0.29, 0.717) is 5.75 Å². The predicted molar refractivity (Wildman–Crippen MR) is 117 cm³/mol. The predicted octanol–water partition coefficient (Wildman–Crippen LogP) is 4.66. The van der Waals surface area contributed by atoms with Gasteiger partial charge in [0.05, 0.1) is 25.4 Å². The molecule has 0 spiro atoms. The fourth-order valence-electron chi connectivity index (χ4n) is 3.07. The van der Waals surface area contributed by atoms with E-state index in [2.05, 4.69) is 15.5 Å². The van der Waals surface area contributed by atoms with Crippen LogP contribution in [0, 0.1) is 0 Å². The molecule has 0 fully saturated rings. The molecule has 1 amide bonds. The number of ether oxygens (including phenoxy) is 1. The van der Waals surface area contributed by atoms with Gasteiger partial charge in [0.1, 0.15) is 10.8 Å². The monoisotopic (exact) mass is 401 g/mol. The summed E-state index contributed by atoms with van der Waals surface area (Å²) in [5, 5.41) is 8.94. The number of carbonyl (C=O) groups is 1. The fraction of sp³-hybridized carbons (Fsp3) is 0.0870. The molecule has 0 aliphatic carbocycles. The van der Waals surface area contributed by atoms with E-state index in [-0.39, 0.29) is 12.3 Å². The van der Waals surface area contributed by atoms with Crippen molar-refractivity contribution in [3.05, 3.63) is 82.7 Å². The summed E-state index contributed by atoms with van der Waals surface area (Å²) in [6.45, 7) is 0. The Hall–Kier alpha value is -3.51. The number of thiazole rings is 1. The molecule has 1 aromatic heterocycles. The van der Waals surface area contributed by atoms with Crippen LogP contribution in [-0.4, -0.2) is 24.2 Å². The number of aromatic nitrogens is 1. The zero-order valence-electron chi connectivity index (χ0n) is 15.8. The Morgan fingerprint density at radius 1 is 1.10 bits per heavy atom. The molecule has 0 unspecified atom stereocenters. The summed E-state index contributed by atoms with van der Waals surface area (Å²) >= 11 is 1.47. The van der Waals surface area contributed by atoms with Gasteiger partial charge in [-0.1, -0.05) is 60.7 Å². The molecule has 3 aromatic carbocycles. The number of hydrazone groups is 1. The Labute approximate surface area is 172 Å². The highest BCUT2D eigenvalue weighted by Gasteiger charge is 2.09. The molecule has 0 aliphatic heterocycles. The third kappa shape index (κ3) is 4.33. The van der Waals surface area contributed by atoms with Crippen LogP contribution in [-0.2, 0) is 11.2 Å². The van der Waals surface area contributed by atoms with Crippen LogP contribution in [0.4, 0.5) is 0 Å². The van der Waals surface area contributed by atoms with Crippen molar-refractivity contribution in [2.45, 2.75) is 6.42 Å². The number of benzene rings is 3. The van der Waals surface area contributed by atoms with Crippen LogP contribution in [0.15, 0.2) is 77.2 Å². The van der Waals surface area contributed by atoms with Gasteiger partial charge in [-0.2, -0.15) is 5.10 Å². The maximum absolute atomic E-state index is 12.3. The average molecular weight is 401 g/mol. The molecule has 4 aromatic rings. The number of amides is 1. The number of carbonyl (C=O) groups excluding carboxylic acids is 1. The van der Waals surface area contributed by atoms with E-state index < -0.39 is 0 Å². The normalized spacial score (nSPS) is 11.1. The SMILES string of the molecule is COc1ccc2ccccc2c1/C=N\NC(=O)Cc1nc(-c2ccccc2)cs1. The molecular formula is C23H19N3O2S. The minimum absolute atomic E-state index is 0.182. The highest BCUT2D eigenvalue weighted by molar-refractivity contribution is 7.10. The van der Waals surface area contributed by atoms with E-state index in [1.165, 1.54) is 11.3 Å². The summed E-state index contributed by atoms with van der Waals surface area (Å²) < 4.78 is 5.44. The molecule has 5 nitrogen and oxygen atoms in total. The molecule has 0 atom stereocenters. The smallest absolute Gasteiger partial charge is 0.246 e. The first-order valence-electron chi connectivity index (χ1n) is 9.12. The number of rotatable bonds is 6. The number of nitrogens with zero attached hydrogens (tertiary/aromatic N) is 2. The van der Waals surface area contributed by atoms with Gasteiger partial charge in [-0.05, 0) is 16.8 Å². The summed E-state index contributed by atoms with van der Waals surface area (Å²) in [5.74, 6) is 0.489. The van der Waals surface area contributed by atoms with Crippen LogP contribution in [0.2, 0.25) is 0 Å². The van der Waals surface area contributed by atoms with Crippen molar-refractivity contribution in [3.8, 4) is 17.0 Å². The van der Waals surface area contributed by atoms with Crippen molar-refractivity contribution >= 4 is 34.2 Å². The lowest BCUT2D eigenvalue weighted by molar-refractivity contribution is -0.120. The van der Waals surface area contributed by atoms with Gasteiger partial charge in [-0.25, -0.2) is 10.4 Å². The molecule has 1 heterocycles. The van der Waals surface area contributed by atoms with Gasteiger partial charge in [0.15, 0.2) is 0 Å². The van der Waals surface area contributed by atoms with Crippen LogP contribution in [0.5, 0.6) is 5.75 Å². The third-order valence-electron chi connectivity index (χ3n) is 4.47. The molecule has 0 saturated heterocycles. The Balaban J connectivity index is 1.45. The van der Waals surface area contributed by atoms with Gasteiger partial charge in [-0.3, -0.25) is 4.79 Å². The van der Waals surface area contributed by atoms with Crippen LogP contribution >= 0.6 is 11.3 Å². The summed E-state index contributed by atoms with van der Waals surface area (Å²) in [7, 11) is 1.62. The lowest BCUT2D eigenvalue weighted by atomic mass is 10.0. The minimum atomic E-state index is -0.214. The third-order valence-corrected chi connectivity index (χ3v) is 5.32. The van der Waals surface area contributed by atoms with E-state index in [1.54, 1.807) is 13.3 Å². The minimum Gasteiger partial charge on any atom is -0.496 e. The Bertz CT molecular complexity index is 1170. The van der Waals surface area contributed by atoms with E-state index in [0.717, 1.165) is 32.6 Å². The number of fused-ring (bicyclic) bond motifs is 1. The first-order chi connectivity index (χ1) is 14.2. The van der Waals surface area contributed by atoms with Crippen molar-refractivity contribution in [2.75, 3.05) is 7.11 Å². The van der Waals surface area contributed by atoms with Crippen LogP contribution < -0.4 is 10.2 Å². The molecule has 6 heteroatoms. The van der Waals surface area contributed by atoms with Gasteiger partial charge in [0.25, 0.3) is 0 Å².